The number of methoxy groups -OCH3 is 2. The number of nitrogens with zero attached hydrogens (tertiary/aromatic N) is 1. The van der Waals surface area contributed by atoms with E-state index in [1.54, 1.807) is 14.2 Å². The van der Waals surface area contributed by atoms with E-state index in [1.807, 2.05) is 43.3 Å². The largest absolute Gasteiger partial charge is 0.497 e. The minimum atomic E-state index is -0.207. The summed E-state index contributed by atoms with van der Waals surface area (Å²) >= 11 is 0. The first kappa shape index (κ1) is 21.4. The first-order valence-electron chi connectivity index (χ1n) is 9.65. The zero-order valence-electron chi connectivity index (χ0n) is 17.2. The van der Waals surface area contributed by atoms with Crippen molar-refractivity contribution in [1.29, 1.82) is 0 Å². The summed E-state index contributed by atoms with van der Waals surface area (Å²) in [6.45, 7) is 6.49. The molecule has 0 aliphatic carbocycles. The second-order valence-corrected chi connectivity index (χ2v) is 6.50. The quantitative estimate of drug-likeness (QED) is 0.607. The van der Waals surface area contributed by atoms with Gasteiger partial charge in [0.25, 0.3) is 0 Å². The minimum Gasteiger partial charge on any atom is -0.497 e. The fourth-order valence-corrected chi connectivity index (χ4v) is 3.08. The Bertz CT molecular complexity index is 737. The molecule has 6 nitrogen and oxygen atoms in total. The highest BCUT2D eigenvalue weighted by atomic mass is 16.5. The highest BCUT2D eigenvalue weighted by Gasteiger charge is 2.15. The molecule has 28 heavy (non-hydrogen) atoms. The molecule has 2 aromatic carbocycles. The van der Waals surface area contributed by atoms with E-state index < -0.39 is 0 Å². The number of hydrogen-bond donors (Lipinski definition) is 2. The molecule has 0 fully saturated rings. The van der Waals surface area contributed by atoms with Gasteiger partial charge < -0.3 is 25.0 Å². The van der Waals surface area contributed by atoms with E-state index in [0.717, 1.165) is 36.6 Å². The van der Waals surface area contributed by atoms with Gasteiger partial charge in [0.15, 0.2) is 0 Å². The van der Waals surface area contributed by atoms with Gasteiger partial charge in [0.2, 0.25) is 0 Å². The Morgan fingerprint density at radius 2 is 1.86 bits per heavy atom. The molecule has 2 N–H and O–H groups in total. The van der Waals surface area contributed by atoms with Gasteiger partial charge in [0, 0.05) is 30.9 Å². The van der Waals surface area contributed by atoms with E-state index in [-0.39, 0.29) is 12.1 Å². The molecule has 0 saturated heterocycles. The predicted octanol–water partition coefficient (Wildman–Crippen LogP) is 3.98. The molecule has 2 amide bonds. The van der Waals surface area contributed by atoms with Crippen LogP contribution in [0.1, 0.15) is 31.9 Å². The van der Waals surface area contributed by atoms with Gasteiger partial charge in [0.05, 0.1) is 20.3 Å². The van der Waals surface area contributed by atoms with Gasteiger partial charge in [-0.2, -0.15) is 0 Å². The number of urea groups is 1. The number of para-hydroxylation sites is 1. The van der Waals surface area contributed by atoms with Gasteiger partial charge in [0.1, 0.15) is 11.5 Å². The Kier molecular flexibility index (Phi) is 8.46. The van der Waals surface area contributed by atoms with Crippen LogP contribution >= 0.6 is 0 Å². The van der Waals surface area contributed by atoms with Crippen molar-refractivity contribution in [2.75, 3.05) is 38.8 Å². The maximum atomic E-state index is 12.3. The number of ether oxygens (including phenoxy) is 2. The third-order valence-corrected chi connectivity index (χ3v) is 4.64. The van der Waals surface area contributed by atoms with Gasteiger partial charge in [-0.1, -0.05) is 18.2 Å². The Hall–Kier alpha value is -2.89. The second kappa shape index (κ2) is 11.1. The van der Waals surface area contributed by atoms with Crippen molar-refractivity contribution in [1.82, 2.24) is 10.6 Å². The molecule has 0 spiro atoms. The molecular formula is C22H31N3O3. The van der Waals surface area contributed by atoms with Crippen LogP contribution in [0.15, 0.2) is 48.5 Å². The number of hydrogen-bond acceptors (Lipinski definition) is 4. The lowest BCUT2D eigenvalue weighted by molar-refractivity contribution is 0.237. The van der Waals surface area contributed by atoms with E-state index in [0.29, 0.717) is 6.54 Å². The van der Waals surface area contributed by atoms with E-state index in [4.69, 9.17) is 9.47 Å². The number of benzene rings is 2. The van der Waals surface area contributed by atoms with Crippen molar-refractivity contribution in [2.24, 2.45) is 0 Å². The summed E-state index contributed by atoms with van der Waals surface area (Å²) in [5, 5.41) is 5.89. The van der Waals surface area contributed by atoms with Crippen LogP contribution in [-0.2, 0) is 0 Å². The maximum Gasteiger partial charge on any atom is 0.315 e. The lowest BCUT2D eigenvalue weighted by Crippen LogP contribution is -2.38. The SMILES string of the molecule is CCN(CCCNC(=O)NC(C)c1cc(OC)ccc1OC)c1ccccc1. The Labute approximate surface area is 167 Å². The summed E-state index contributed by atoms with van der Waals surface area (Å²) in [7, 11) is 3.23. The summed E-state index contributed by atoms with van der Waals surface area (Å²) in [4.78, 5) is 14.6. The molecule has 0 aliphatic heterocycles. The average Bonchev–Trinajstić information content (AvgIpc) is 2.73. The van der Waals surface area contributed by atoms with Crippen LogP contribution in [0.5, 0.6) is 11.5 Å². The van der Waals surface area contributed by atoms with Crippen LogP contribution in [0.25, 0.3) is 0 Å². The van der Waals surface area contributed by atoms with Crippen molar-refractivity contribution in [2.45, 2.75) is 26.3 Å². The number of carbonyl (C=O) groups excluding carboxylic acids is 1. The molecule has 0 aromatic heterocycles. The molecule has 6 heteroatoms. The van der Waals surface area contributed by atoms with Crippen LogP contribution in [-0.4, -0.2) is 39.9 Å². The smallest absolute Gasteiger partial charge is 0.315 e. The first-order valence-corrected chi connectivity index (χ1v) is 9.65. The number of nitrogens with one attached hydrogen (secondary N) is 2. The Balaban J connectivity index is 1.81. The minimum absolute atomic E-state index is 0.194. The number of rotatable bonds is 10. The zero-order valence-corrected chi connectivity index (χ0v) is 17.2. The fraction of sp³-hybridized carbons (Fsp3) is 0.409. The third kappa shape index (κ3) is 6.08. The van der Waals surface area contributed by atoms with E-state index in [9.17, 15) is 4.79 Å². The zero-order chi connectivity index (χ0) is 20.4. The van der Waals surface area contributed by atoms with Gasteiger partial charge in [-0.25, -0.2) is 4.79 Å². The highest BCUT2D eigenvalue weighted by molar-refractivity contribution is 5.74. The highest BCUT2D eigenvalue weighted by Crippen LogP contribution is 2.29. The monoisotopic (exact) mass is 385 g/mol. The van der Waals surface area contributed by atoms with Gasteiger partial charge >= 0.3 is 6.03 Å². The number of anilines is 1. The average molecular weight is 386 g/mol. The lowest BCUT2D eigenvalue weighted by atomic mass is 10.1. The van der Waals surface area contributed by atoms with Crippen molar-refractivity contribution in [3.8, 4) is 11.5 Å². The normalized spacial score (nSPS) is 11.4. The summed E-state index contributed by atoms with van der Waals surface area (Å²) in [5.41, 5.74) is 2.08. The molecule has 0 aliphatic rings. The molecule has 0 saturated carbocycles. The van der Waals surface area contributed by atoms with Crippen molar-refractivity contribution in [3.63, 3.8) is 0 Å². The Morgan fingerprint density at radius 3 is 2.50 bits per heavy atom. The summed E-state index contributed by atoms with van der Waals surface area (Å²) in [6.07, 6.45) is 0.868. The van der Waals surface area contributed by atoms with Gasteiger partial charge in [-0.15, -0.1) is 0 Å². The Morgan fingerprint density at radius 1 is 1.11 bits per heavy atom. The van der Waals surface area contributed by atoms with Gasteiger partial charge in [-0.05, 0) is 50.6 Å². The van der Waals surface area contributed by atoms with E-state index >= 15 is 0 Å². The molecule has 152 valence electrons. The molecule has 0 bridgehead atoms. The van der Waals surface area contributed by atoms with Crippen LogP contribution in [0.2, 0.25) is 0 Å². The van der Waals surface area contributed by atoms with Crippen LogP contribution in [0.3, 0.4) is 0 Å². The molecule has 1 unspecified atom stereocenters. The molecular weight excluding hydrogens is 354 g/mol. The van der Waals surface area contributed by atoms with Crippen LogP contribution in [0.4, 0.5) is 10.5 Å². The summed E-state index contributed by atoms with van der Waals surface area (Å²) < 4.78 is 10.7. The van der Waals surface area contributed by atoms with Gasteiger partial charge in [-0.3, -0.25) is 0 Å². The standard InChI is InChI=1S/C22H31N3O3/c1-5-25(18-10-7-6-8-11-18)15-9-14-23-22(26)24-17(2)20-16-19(27-3)12-13-21(20)28-4/h6-8,10-13,16-17H,5,9,14-15H2,1-4H3,(H2,23,24,26). The third-order valence-electron chi connectivity index (χ3n) is 4.64. The summed E-state index contributed by atoms with van der Waals surface area (Å²) in [5.74, 6) is 1.44. The van der Waals surface area contributed by atoms with Crippen molar-refractivity contribution in [3.05, 3.63) is 54.1 Å². The van der Waals surface area contributed by atoms with Crippen molar-refractivity contribution >= 4 is 11.7 Å². The summed E-state index contributed by atoms with van der Waals surface area (Å²) in [6, 6.07) is 15.5. The topological polar surface area (TPSA) is 62.8 Å². The number of amides is 2. The lowest BCUT2D eigenvalue weighted by Gasteiger charge is -2.23. The van der Waals surface area contributed by atoms with Crippen LogP contribution < -0.4 is 25.0 Å². The molecule has 0 heterocycles. The molecule has 0 radical (unpaired) electrons. The molecule has 2 aromatic rings. The van der Waals surface area contributed by atoms with Crippen molar-refractivity contribution < 1.29 is 14.3 Å². The van der Waals surface area contributed by atoms with E-state index in [1.165, 1.54) is 5.69 Å². The first-order chi connectivity index (χ1) is 13.6. The molecule has 1 atom stereocenters. The van der Waals surface area contributed by atoms with Crippen LogP contribution in [0, 0.1) is 0 Å². The fourth-order valence-electron chi connectivity index (χ4n) is 3.08. The molecule has 2 rings (SSSR count). The number of carbonyl (C=O) groups is 1. The van der Waals surface area contributed by atoms with E-state index in [2.05, 4.69) is 34.6 Å². The second-order valence-electron chi connectivity index (χ2n) is 6.50. The predicted molar refractivity (Wildman–Crippen MR) is 113 cm³/mol. The maximum absolute atomic E-state index is 12.3.